The van der Waals surface area contributed by atoms with E-state index in [4.69, 9.17) is 15.8 Å². The fourth-order valence-corrected chi connectivity index (χ4v) is 5.24. The summed E-state index contributed by atoms with van der Waals surface area (Å²) >= 11 is 6.20. The van der Waals surface area contributed by atoms with Crippen LogP contribution in [0.3, 0.4) is 0 Å². The van der Waals surface area contributed by atoms with Crippen LogP contribution < -0.4 is 0 Å². The first kappa shape index (κ1) is 18.5. The average molecular weight is 323 g/mol. The summed E-state index contributed by atoms with van der Waals surface area (Å²) in [7, 11) is 0. The third-order valence-electron chi connectivity index (χ3n) is 4.53. The Kier molecular flexibility index (Phi) is 8.16. The van der Waals surface area contributed by atoms with Gasteiger partial charge in [0.05, 0.1) is 6.10 Å². The maximum absolute atomic E-state index is 12.5. The van der Waals surface area contributed by atoms with Crippen LogP contribution in [0.25, 0.3) is 0 Å². The zero-order chi connectivity index (χ0) is 15.2. The Balaban J connectivity index is 2.51. The molecule has 1 aliphatic carbocycles. The molecule has 1 aliphatic rings. The van der Waals surface area contributed by atoms with Crippen molar-refractivity contribution in [2.24, 2.45) is 17.8 Å². The highest BCUT2D eigenvalue weighted by atomic mass is 35.7. The Morgan fingerprint density at radius 3 is 2.55 bits per heavy atom. The number of halogens is 1. The number of hydrogen-bond donors (Lipinski definition) is 0. The van der Waals surface area contributed by atoms with E-state index in [9.17, 15) is 4.57 Å². The van der Waals surface area contributed by atoms with Crippen molar-refractivity contribution in [2.75, 3.05) is 6.16 Å². The fraction of sp³-hybridized carbons (Fsp3) is 1.00. The lowest BCUT2D eigenvalue weighted by atomic mass is 9.75. The topological polar surface area (TPSA) is 26.3 Å². The Labute approximate surface area is 130 Å². The molecule has 0 saturated heterocycles. The van der Waals surface area contributed by atoms with Gasteiger partial charge in [0.25, 0.3) is 6.72 Å². The lowest BCUT2D eigenvalue weighted by Crippen LogP contribution is -2.33. The van der Waals surface area contributed by atoms with Crippen molar-refractivity contribution >= 4 is 18.0 Å². The first-order valence-electron chi connectivity index (χ1n) is 8.32. The van der Waals surface area contributed by atoms with Gasteiger partial charge in [-0.15, -0.1) is 0 Å². The summed E-state index contributed by atoms with van der Waals surface area (Å²) in [5.74, 6) is 1.74. The zero-order valence-corrected chi connectivity index (χ0v) is 15.3. The van der Waals surface area contributed by atoms with E-state index in [0.717, 1.165) is 19.3 Å². The first-order chi connectivity index (χ1) is 9.35. The molecular formula is C16H32ClO2P. The molecular weight excluding hydrogens is 291 g/mol. The Hall–Kier alpha value is 0.480. The van der Waals surface area contributed by atoms with Gasteiger partial charge in [-0.25, -0.2) is 0 Å². The summed E-state index contributed by atoms with van der Waals surface area (Å²) in [5.41, 5.74) is 0. The molecule has 0 aromatic rings. The van der Waals surface area contributed by atoms with Gasteiger partial charge in [0.1, 0.15) is 0 Å². The third-order valence-corrected chi connectivity index (χ3v) is 6.72. The zero-order valence-electron chi connectivity index (χ0n) is 13.6. The van der Waals surface area contributed by atoms with Crippen molar-refractivity contribution in [3.05, 3.63) is 0 Å². The predicted molar refractivity (Wildman–Crippen MR) is 88.7 cm³/mol. The molecule has 0 spiro atoms. The van der Waals surface area contributed by atoms with Gasteiger partial charge in [0.15, 0.2) is 0 Å². The smallest absolute Gasteiger partial charge is 0.290 e. The molecule has 120 valence electrons. The van der Waals surface area contributed by atoms with Crippen LogP contribution in [0, 0.1) is 17.8 Å². The average Bonchev–Trinajstić information content (AvgIpc) is 2.34. The second-order valence-electron chi connectivity index (χ2n) is 6.84. The van der Waals surface area contributed by atoms with Gasteiger partial charge >= 0.3 is 0 Å². The monoisotopic (exact) mass is 322 g/mol. The standard InChI is InChI=1S/C16H32ClO2P/c1-5-6-7-8-11-20(17,18)19-16-12-14(4)9-10-15(16)13(2)3/h13-16H,5-12H2,1-4H3. The van der Waals surface area contributed by atoms with Crippen LogP contribution in [0.2, 0.25) is 0 Å². The first-order valence-corrected chi connectivity index (χ1v) is 11.0. The van der Waals surface area contributed by atoms with Crippen molar-refractivity contribution in [1.29, 1.82) is 0 Å². The van der Waals surface area contributed by atoms with Crippen LogP contribution in [-0.2, 0) is 9.09 Å². The molecule has 0 radical (unpaired) electrons. The molecule has 20 heavy (non-hydrogen) atoms. The normalized spacial score (nSPS) is 30.4. The molecule has 0 aromatic heterocycles. The van der Waals surface area contributed by atoms with E-state index < -0.39 is 6.72 Å². The van der Waals surface area contributed by atoms with Crippen molar-refractivity contribution in [3.63, 3.8) is 0 Å². The van der Waals surface area contributed by atoms with E-state index in [-0.39, 0.29) is 6.10 Å². The molecule has 2 nitrogen and oxygen atoms in total. The molecule has 0 amide bonds. The minimum atomic E-state index is -2.93. The Morgan fingerprint density at radius 1 is 1.25 bits per heavy atom. The summed E-state index contributed by atoms with van der Waals surface area (Å²) in [5, 5.41) is 0. The van der Waals surface area contributed by atoms with Crippen LogP contribution in [0.1, 0.15) is 72.6 Å². The SMILES string of the molecule is CCCCCCP(=O)(Cl)OC1CC(C)CCC1C(C)C. The highest BCUT2D eigenvalue weighted by Crippen LogP contribution is 2.56. The molecule has 1 rings (SSSR count). The van der Waals surface area contributed by atoms with Gasteiger partial charge in [0, 0.05) is 6.16 Å². The second kappa shape index (κ2) is 8.81. The van der Waals surface area contributed by atoms with Crippen molar-refractivity contribution in [3.8, 4) is 0 Å². The minimum Gasteiger partial charge on any atom is -0.314 e. The van der Waals surface area contributed by atoms with Crippen LogP contribution in [0.15, 0.2) is 0 Å². The number of unbranched alkanes of at least 4 members (excludes halogenated alkanes) is 3. The van der Waals surface area contributed by atoms with Gasteiger partial charge in [-0.05, 0) is 48.3 Å². The summed E-state index contributed by atoms with van der Waals surface area (Å²) < 4.78 is 18.4. The molecule has 4 atom stereocenters. The maximum atomic E-state index is 12.5. The lowest BCUT2D eigenvalue weighted by Gasteiger charge is -2.37. The van der Waals surface area contributed by atoms with Crippen molar-refractivity contribution in [2.45, 2.75) is 78.7 Å². The maximum Gasteiger partial charge on any atom is 0.290 e. The van der Waals surface area contributed by atoms with Gasteiger partial charge in [-0.2, -0.15) is 0 Å². The third kappa shape index (κ3) is 6.50. The summed E-state index contributed by atoms with van der Waals surface area (Å²) in [6.45, 7) is 5.97. The van der Waals surface area contributed by atoms with Gasteiger partial charge in [-0.3, -0.25) is 4.57 Å². The molecule has 1 fully saturated rings. The summed E-state index contributed by atoms with van der Waals surface area (Å²) in [6, 6.07) is 0. The van der Waals surface area contributed by atoms with E-state index in [0.29, 0.717) is 23.9 Å². The predicted octanol–water partition coefficient (Wildman–Crippen LogP) is 6.48. The lowest BCUT2D eigenvalue weighted by molar-refractivity contribution is 0.0508. The van der Waals surface area contributed by atoms with Gasteiger partial charge < -0.3 is 4.52 Å². The van der Waals surface area contributed by atoms with E-state index >= 15 is 0 Å². The van der Waals surface area contributed by atoms with E-state index in [1.54, 1.807) is 0 Å². The molecule has 0 heterocycles. The molecule has 0 N–H and O–H groups in total. The molecule has 0 bridgehead atoms. The molecule has 1 saturated carbocycles. The van der Waals surface area contributed by atoms with Crippen molar-refractivity contribution in [1.82, 2.24) is 0 Å². The summed E-state index contributed by atoms with van der Waals surface area (Å²) in [4.78, 5) is 0. The van der Waals surface area contributed by atoms with Crippen LogP contribution >= 0.6 is 18.0 Å². The van der Waals surface area contributed by atoms with Crippen LogP contribution in [0.4, 0.5) is 0 Å². The second-order valence-corrected chi connectivity index (χ2v) is 10.2. The highest BCUT2D eigenvalue weighted by molar-refractivity contribution is 7.85. The molecule has 4 heteroatoms. The summed E-state index contributed by atoms with van der Waals surface area (Å²) in [6.07, 6.45) is 8.46. The Morgan fingerprint density at radius 2 is 1.95 bits per heavy atom. The van der Waals surface area contributed by atoms with Gasteiger partial charge in [-0.1, -0.05) is 53.4 Å². The molecule has 4 unspecified atom stereocenters. The minimum absolute atomic E-state index is 0.0910. The largest absolute Gasteiger partial charge is 0.314 e. The molecule has 0 aliphatic heterocycles. The Bertz CT molecular complexity index is 320. The van der Waals surface area contributed by atoms with Crippen LogP contribution in [0.5, 0.6) is 0 Å². The van der Waals surface area contributed by atoms with Gasteiger partial charge in [0.2, 0.25) is 0 Å². The van der Waals surface area contributed by atoms with Crippen LogP contribution in [-0.4, -0.2) is 12.3 Å². The van der Waals surface area contributed by atoms with E-state index in [2.05, 4.69) is 27.7 Å². The van der Waals surface area contributed by atoms with E-state index in [1.165, 1.54) is 25.7 Å². The number of hydrogen-bond acceptors (Lipinski definition) is 2. The van der Waals surface area contributed by atoms with E-state index in [1.807, 2.05) is 0 Å². The molecule has 0 aromatic carbocycles. The van der Waals surface area contributed by atoms with Crippen molar-refractivity contribution < 1.29 is 9.09 Å². The fourth-order valence-electron chi connectivity index (χ4n) is 3.22. The highest BCUT2D eigenvalue weighted by Gasteiger charge is 2.35. The number of rotatable bonds is 8. The quantitative estimate of drug-likeness (QED) is 0.378.